The molecule has 0 aliphatic carbocycles. The molecule has 0 bridgehead atoms. The summed E-state index contributed by atoms with van der Waals surface area (Å²) in [4.78, 5) is 4.18. The van der Waals surface area contributed by atoms with Crippen LogP contribution in [0.4, 0.5) is 0 Å². The van der Waals surface area contributed by atoms with Crippen molar-refractivity contribution in [1.29, 1.82) is 0 Å². The number of hydrogen-bond acceptors (Lipinski definition) is 1. The summed E-state index contributed by atoms with van der Waals surface area (Å²) in [5.74, 6) is 0.810. The molecule has 0 aliphatic heterocycles. The molecule has 2 aromatic carbocycles. The SMILES string of the molecule is CC(C)(C)CC(c1ccccc1)C(C)(C)C.CCC[CH2][Sn]([CH2]CC)([CH2]CCC)[c]1cccc(CN=C(N)N)c1. The molecule has 220 valence electrons. The summed E-state index contributed by atoms with van der Waals surface area (Å²) in [6.07, 6.45) is 7.95. The number of nitrogens with two attached hydrogens (primary N) is 2. The van der Waals surface area contributed by atoms with Gasteiger partial charge in [-0.25, -0.2) is 0 Å². The average molecular weight is 643 g/mol. The molecule has 0 amide bonds. The van der Waals surface area contributed by atoms with Crippen LogP contribution < -0.4 is 15.0 Å². The third-order valence-electron chi connectivity index (χ3n) is 7.79. The van der Waals surface area contributed by atoms with Gasteiger partial charge in [-0.3, -0.25) is 0 Å². The molecule has 0 radical (unpaired) electrons. The molecule has 2 rings (SSSR count). The molecule has 0 saturated carbocycles. The second kappa shape index (κ2) is 17.4. The summed E-state index contributed by atoms with van der Waals surface area (Å²) in [5.41, 5.74) is 14.4. The van der Waals surface area contributed by atoms with Crippen molar-refractivity contribution in [3.8, 4) is 0 Å². The van der Waals surface area contributed by atoms with E-state index < -0.39 is 18.4 Å². The maximum atomic E-state index is 5.48. The molecule has 4 N–H and O–H groups in total. The second-order valence-corrected chi connectivity index (χ2v) is 27.0. The fourth-order valence-electron chi connectivity index (χ4n) is 5.72. The zero-order chi connectivity index (χ0) is 29.5. The molecule has 3 nitrogen and oxygen atoms in total. The van der Waals surface area contributed by atoms with Crippen molar-refractivity contribution < 1.29 is 0 Å². The Morgan fingerprint density at radius 3 is 1.82 bits per heavy atom. The van der Waals surface area contributed by atoms with Crippen molar-refractivity contribution in [3.63, 3.8) is 0 Å². The van der Waals surface area contributed by atoms with E-state index in [2.05, 4.69) is 122 Å². The van der Waals surface area contributed by atoms with E-state index in [0.29, 0.717) is 23.3 Å². The van der Waals surface area contributed by atoms with Crippen LogP contribution in [0.2, 0.25) is 13.3 Å². The van der Waals surface area contributed by atoms with Crippen molar-refractivity contribution >= 4 is 27.9 Å². The van der Waals surface area contributed by atoms with Crippen LogP contribution in [0.15, 0.2) is 59.6 Å². The summed E-state index contributed by atoms with van der Waals surface area (Å²) < 4.78 is 6.14. The Bertz CT molecular complexity index is 942. The van der Waals surface area contributed by atoms with Crippen LogP contribution in [0.3, 0.4) is 0 Å². The van der Waals surface area contributed by atoms with E-state index in [1.54, 1.807) is 3.58 Å². The van der Waals surface area contributed by atoms with Crippen molar-refractivity contribution in [3.05, 3.63) is 65.7 Å². The van der Waals surface area contributed by atoms with E-state index in [1.165, 1.54) is 63.0 Å². The van der Waals surface area contributed by atoms with Crippen molar-refractivity contribution in [2.75, 3.05) is 0 Å². The van der Waals surface area contributed by atoms with E-state index in [0.717, 1.165) is 0 Å². The number of benzene rings is 2. The van der Waals surface area contributed by atoms with Crippen LogP contribution >= 0.6 is 0 Å². The van der Waals surface area contributed by atoms with Gasteiger partial charge in [0, 0.05) is 0 Å². The van der Waals surface area contributed by atoms with Crippen molar-refractivity contribution in [2.24, 2.45) is 27.3 Å². The van der Waals surface area contributed by atoms with Crippen LogP contribution in [0.1, 0.15) is 118 Å². The summed E-state index contributed by atoms with van der Waals surface area (Å²) in [5, 5.41) is 0. The van der Waals surface area contributed by atoms with Crippen LogP contribution in [0.25, 0.3) is 0 Å². The number of nitrogens with zero attached hydrogens (tertiary/aromatic N) is 1. The third-order valence-corrected chi connectivity index (χ3v) is 23.8. The topological polar surface area (TPSA) is 64.4 Å². The van der Waals surface area contributed by atoms with Gasteiger partial charge in [0.15, 0.2) is 0 Å². The Morgan fingerprint density at radius 1 is 0.769 bits per heavy atom. The molecule has 0 saturated heterocycles. The van der Waals surface area contributed by atoms with Gasteiger partial charge in [0.05, 0.1) is 0 Å². The van der Waals surface area contributed by atoms with Gasteiger partial charge in [0.2, 0.25) is 0 Å². The first-order chi connectivity index (χ1) is 18.3. The number of hydrogen-bond donors (Lipinski definition) is 2. The predicted molar refractivity (Wildman–Crippen MR) is 179 cm³/mol. The number of aliphatic imine (C=N–C) groups is 1. The van der Waals surface area contributed by atoms with Crippen molar-refractivity contribution in [1.82, 2.24) is 0 Å². The number of unbranched alkanes of at least 4 members (excludes halogenated alkanes) is 2. The van der Waals surface area contributed by atoms with Gasteiger partial charge < -0.3 is 0 Å². The quantitative estimate of drug-likeness (QED) is 0.130. The van der Waals surface area contributed by atoms with Gasteiger partial charge >= 0.3 is 147 Å². The first kappa shape index (κ1) is 35.5. The zero-order valence-corrected chi connectivity index (χ0v) is 29.8. The van der Waals surface area contributed by atoms with E-state index in [-0.39, 0.29) is 5.96 Å². The third kappa shape index (κ3) is 13.6. The van der Waals surface area contributed by atoms with E-state index in [4.69, 9.17) is 11.5 Å². The van der Waals surface area contributed by atoms with Gasteiger partial charge in [0.1, 0.15) is 0 Å². The summed E-state index contributed by atoms with van der Waals surface area (Å²) in [7, 11) is 0. The van der Waals surface area contributed by atoms with Crippen LogP contribution in [-0.4, -0.2) is 24.3 Å². The zero-order valence-electron chi connectivity index (χ0n) is 26.9. The van der Waals surface area contributed by atoms with E-state index >= 15 is 0 Å². The molecule has 2 aromatic rings. The molecule has 39 heavy (non-hydrogen) atoms. The summed E-state index contributed by atoms with van der Waals surface area (Å²) in [6.45, 7) is 21.6. The fourth-order valence-corrected chi connectivity index (χ4v) is 21.6. The molecule has 1 unspecified atom stereocenters. The molecule has 0 heterocycles. The average Bonchev–Trinajstić information content (AvgIpc) is 2.88. The Balaban J connectivity index is 0.000000416. The number of rotatable bonds is 13. The summed E-state index contributed by atoms with van der Waals surface area (Å²) in [6, 6.07) is 20.1. The second-order valence-electron chi connectivity index (χ2n) is 13.8. The van der Waals surface area contributed by atoms with Crippen LogP contribution in [0.5, 0.6) is 0 Å². The fraction of sp³-hybridized carbons (Fsp3) is 0.629. The molecule has 0 aromatic heterocycles. The van der Waals surface area contributed by atoms with Crippen LogP contribution in [0, 0.1) is 10.8 Å². The van der Waals surface area contributed by atoms with Gasteiger partial charge in [-0.1, -0.05) is 71.9 Å². The minimum absolute atomic E-state index is 0.177. The Morgan fingerprint density at radius 2 is 1.36 bits per heavy atom. The predicted octanol–water partition coefficient (Wildman–Crippen LogP) is 9.38. The normalized spacial score (nSPS) is 12.8. The minimum atomic E-state index is -2.30. The van der Waals surface area contributed by atoms with Gasteiger partial charge in [0.25, 0.3) is 0 Å². The molecular weight excluding hydrogens is 581 g/mol. The van der Waals surface area contributed by atoms with Gasteiger partial charge in [-0.2, -0.15) is 0 Å². The Hall–Kier alpha value is -1.49. The number of guanidine groups is 1. The molecule has 1 atom stereocenters. The van der Waals surface area contributed by atoms with Crippen LogP contribution in [-0.2, 0) is 6.54 Å². The first-order valence-electron chi connectivity index (χ1n) is 15.5. The monoisotopic (exact) mass is 643 g/mol. The van der Waals surface area contributed by atoms with E-state index in [1.807, 2.05) is 0 Å². The van der Waals surface area contributed by atoms with Gasteiger partial charge in [-0.05, 0) is 28.7 Å². The Labute approximate surface area is 246 Å². The molecule has 0 fully saturated rings. The molecular formula is C35H61N3Sn. The Kier molecular flexibility index (Phi) is 15.8. The standard InChI is InChI=1S/C16H26.C8H10N3.2C4H9.C3H7.Sn/c1-15(2,3)12-14(16(4,5)6)13-10-8-7-9-11-13;9-8(10)11-6-7-4-2-1-3-5-7;2*1-3-4-2;1-3-2;/h7-11,14H,12H2,1-6H3;1-2,4-5H,6H2,(H4,9,10,11);2*1,3-4H2,2H3;1,3H2,2H3;. The summed E-state index contributed by atoms with van der Waals surface area (Å²) >= 11 is -2.30. The molecule has 0 spiro atoms. The molecule has 4 heteroatoms. The van der Waals surface area contributed by atoms with Gasteiger partial charge in [-0.15, -0.1) is 0 Å². The van der Waals surface area contributed by atoms with E-state index in [9.17, 15) is 0 Å². The maximum absolute atomic E-state index is 5.48. The van der Waals surface area contributed by atoms with Crippen molar-refractivity contribution in [2.45, 2.75) is 127 Å². The molecule has 0 aliphatic rings. The first-order valence-corrected chi connectivity index (χ1v) is 23.0.